The predicted octanol–water partition coefficient (Wildman–Crippen LogP) is 2.45. The van der Waals surface area contributed by atoms with E-state index in [0.29, 0.717) is 0 Å². The molecule has 0 fully saturated rings. The van der Waals surface area contributed by atoms with Crippen molar-refractivity contribution in [3.63, 3.8) is 0 Å². The van der Waals surface area contributed by atoms with Crippen molar-refractivity contribution < 1.29 is 5.11 Å². The van der Waals surface area contributed by atoms with Gasteiger partial charge in [-0.15, -0.1) is 11.3 Å². The van der Waals surface area contributed by atoms with Gasteiger partial charge in [-0.1, -0.05) is 12.2 Å². The van der Waals surface area contributed by atoms with Crippen LogP contribution in [0.5, 0.6) is 0 Å². The Morgan fingerprint density at radius 2 is 2.45 bits per heavy atom. The Hall–Kier alpha value is -0.600. The molecule has 1 nitrogen and oxygen atoms in total. The Kier molecular flexibility index (Phi) is 3.33. The van der Waals surface area contributed by atoms with Gasteiger partial charge in [0.05, 0.1) is 0 Å². The molecule has 0 atom stereocenters. The smallest absolute Gasteiger partial charge is 0.0465 e. The number of thiophene rings is 1. The zero-order chi connectivity index (χ0) is 8.10. The van der Waals surface area contributed by atoms with Crippen molar-refractivity contribution in [1.82, 2.24) is 0 Å². The van der Waals surface area contributed by atoms with Crippen molar-refractivity contribution in [3.8, 4) is 0 Å². The van der Waals surface area contributed by atoms with Crippen LogP contribution in [0, 0.1) is 6.92 Å². The number of rotatable bonds is 3. The second-order valence-electron chi connectivity index (χ2n) is 2.35. The minimum Gasteiger partial charge on any atom is -0.396 e. The lowest BCUT2D eigenvalue weighted by atomic mass is 10.2. The summed E-state index contributed by atoms with van der Waals surface area (Å²) in [5.41, 5.74) is 1.27. The van der Waals surface area contributed by atoms with Crippen molar-refractivity contribution in [1.29, 1.82) is 0 Å². The highest BCUT2D eigenvalue weighted by Gasteiger charge is 1.91. The van der Waals surface area contributed by atoms with Gasteiger partial charge in [-0.3, -0.25) is 0 Å². The standard InChI is InChI=1S/C9H12OS/c1-8-9(5-7-11-8)4-2-3-6-10/h2,4-5,7,10H,3,6H2,1H3. The molecule has 0 aliphatic carbocycles. The maximum Gasteiger partial charge on any atom is 0.0465 e. The van der Waals surface area contributed by atoms with Crippen LogP contribution < -0.4 is 0 Å². The third kappa shape index (κ3) is 2.48. The van der Waals surface area contributed by atoms with Gasteiger partial charge in [0.2, 0.25) is 0 Å². The second-order valence-corrected chi connectivity index (χ2v) is 3.47. The number of aliphatic hydroxyl groups excluding tert-OH is 1. The van der Waals surface area contributed by atoms with E-state index >= 15 is 0 Å². The summed E-state index contributed by atoms with van der Waals surface area (Å²) < 4.78 is 0. The fourth-order valence-corrected chi connectivity index (χ4v) is 1.54. The predicted molar refractivity (Wildman–Crippen MR) is 49.8 cm³/mol. The zero-order valence-electron chi connectivity index (χ0n) is 6.58. The van der Waals surface area contributed by atoms with Crippen LogP contribution >= 0.6 is 11.3 Å². The first-order valence-corrected chi connectivity index (χ1v) is 4.54. The van der Waals surface area contributed by atoms with E-state index in [0.717, 1.165) is 6.42 Å². The lowest BCUT2D eigenvalue weighted by Crippen LogP contribution is -1.75. The monoisotopic (exact) mass is 168 g/mol. The third-order valence-electron chi connectivity index (χ3n) is 1.49. The van der Waals surface area contributed by atoms with Crippen LogP contribution in [0.1, 0.15) is 16.9 Å². The van der Waals surface area contributed by atoms with E-state index in [-0.39, 0.29) is 6.61 Å². The van der Waals surface area contributed by atoms with Crippen LogP contribution in [0.3, 0.4) is 0 Å². The summed E-state index contributed by atoms with van der Waals surface area (Å²) in [6.45, 7) is 2.34. The molecule has 0 radical (unpaired) electrons. The number of aryl methyl sites for hydroxylation is 1. The molecule has 0 bridgehead atoms. The minimum atomic E-state index is 0.236. The molecule has 0 unspecified atom stereocenters. The van der Waals surface area contributed by atoms with Gasteiger partial charge in [-0.05, 0) is 30.4 Å². The molecular weight excluding hydrogens is 156 g/mol. The van der Waals surface area contributed by atoms with Crippen LogP contribution in [-0.4, -0.2) is 11.7 Å². The first-order chi connectivity index (χ1) is 5.34. The lowest BCUT2D eigenvalue weighted by molar-refractivity contribution is 0.303. The molecule has 11 heavy (non-hydrogen) atoms. The summed E-state index contributed by atoms with van der Waals surface area (Å²) in [5, 5.41) is 10.6. The fraction of sp³-hybridized carbons (Fsp3) is 0.333. The molecule has 1 N–H and O–H groups in total. The quantitative estimate of drug-likeness (QED) is 0.735. The highest BCUT2D eigenvalue weighted by Crippen LogP contribution is 2.16. The molecule has 2 heteroatoms. The van der Waals surface area contributed by atoms with Gasteiger partial charge in [0.1, 0.15) is 0 Å². The summed E-state index contributed by atoms with van der Waals surface area (Å²) in [7, 11) is 0. The second kappa shape index (κ2) is 4.31. The van der Waals surface area contributed by atoms with Crippen LogP contribution in [0.4, 0.5) is 0 Å². The van der Waals surface area contributed by atoms with Gasteiger partial charge in [0.25, 0.3) is 0 Å². The van der Waals surface area contributed by atoms with Gasteiger partial charge < -0.3 is 5.11 Å². The highest BCUT2D eigenvalue weighted by molar-refractivity contribution is 7.10. The molecular formula is C9H12OS. The first kappa shape index (κ1) is 8.50. The molecule has 1 heterocycles. The molecule has 1 rings (SSSR count). The van der Waals surface area contributed by atoms with E-state index in [2.05, 4.69) is 24.4 Å². The fourth-order valence-electron chi connectivity index (χ4n) is 0.853. The van der Waals surface area contributed by atoms with Crippen molar-refractivity contribution in [2.24, 2.45) is 0 Å². The van der Waals surface area contributed by atoms with Gasteiger partial charge in [0.15, 0.2) is 0 Å². The third-order valence-corrected chi connectivity index (χ3v) is 2.35. The molecule has 0 aliphatic rings. The molecule has 0 amide bonds. The molecule has 0 spiro atoms. The van der Waals surface area contributed by atoms with E-state index in [1.165, 1.54) is 10.4 Å². The normalized spacial score (nSPS) is 11.1. The number of aliphatic hydroxyl groups is 1. The van der Waals surface area contributed by atoms with Crippen molar-refractivity contribution in [2.45, 2.75) is 13.3 Å². The molecule has 0 aliphatic heterocycles. The Balaban J connectivity index is 2.56. The van der Waals surface area contributed by atoms with E-state index in [9.17, 15) is 0 Å². The van der Waals surface area contributed by atoms with Crippen LogP contribution in [0.2, 0.25) is 0 Å². The van der Waals surface area contributed by atoms with Gasteiger partial charge in [0, 0.05) is 11.5 Å². The molecule has 1 aromatic rings. The van der Waals surface area contributed by atoms with E-state index in [4.69, 9.17) is 5.11 Å². The van der Waals surface area contributed by atoms with E-state index in [1.54, 1.807) is 11.3 Å². The molecule has 0 saturated heterocycles. The average molecular weight is 168 g/mol. The summed E-state index contributed by atoms with van der Waals surface area (Å²) in [6, 6.07) is 2.09. The summed E-state index contributed by atoms with van der Waals surface area (Å²) in [6.07, 6.45) is 4.80. The number of hydrogen-bond donors (Lipinski definition) is 1. The van der Waals surface area contributed by atoms with Gasteiger partial charge in [-0.25, -0.2) is 0 Å². The Labute approximate surface area is 71.0 Å². The summed E-state index contributed by atoms with van der Waals surface area (Å²) >= 11 is 1.75. The Bertz CT molecular complexity index is 237. The Morgan fingerprint density at radius 3 is 3.00 bits per heavy atom. The lowest BCUT2D eigenvalue weighted by Gasteiger charge is -1.88. The topological polar surface area (TPSA) is 20.2 Å². The van der Waals surface area contributed by atoms with Crippen molar-refractivity contribution in [3.05, 3.63) is 28.0 Å². The van der Waals surface area contributed by atoms with Crippen LogP contribution in [0.25, 0.3) is 6.08 Å². The van der Waals surface area contributed by atoms with Gasteiger partial charge >= 0.3 is 0 Å². The highest BCUT2D eigenvalue weighted by atomic mass is 32.1. The summed E-state index contributed by atoms with van der Waals surface area (Å²) in [4.78, 5) is 1.33. The van der Waals surface area contributed by atoms with Crippen LogP contribution in [0.15, 0.2) is 17.5 Å². The summed E-state index contributed by atoms with van der Waals surface area (Å²) in [5.74, 6) is 0. The maximum absolute atomic E-state index is 8.52. The minimum absolute atomic E-state index is 0.236. The molecule has 0 saturated carbocycles. The number of hydrogen-bond acceptors (Lipinski definition) is 2. The SMILES string of the molecule is Cc1sccc1C=CCCO. The van der Waals surface area contributed by atoms with Crippen LogP contribution in [-0.2, 0) is 0 Å². The molecule has 0 aromatic carbocycles. The molecule has 60 valence electrons. The Morgan fingerprint density at radius 1 is 1.64 bits per heavy atom. The van der Waals surface area contributed by atoms with Crippen molar-refractivity contribution in [2.75, 3.05) is 6.61 Å². The molecule has 1 aromatic heterocycles. The van der Waals surface area contributed by atoms with Gasteiger partial charge in [-0.2, -0.15) is 0 Å². The first-order valence-electron chi connectivity index (χ1n) is 3.66. The zero-order valence-corrected chi connectivity index (χ0v) is 7.40. The maximum atomic E-state index is 8.52. The van der Waals surface area contributed by atoms with Crippen molar-refractivity contribution >= 4 is 17.4 Å². The van der Waals surface area contributed by atoms with E-state index in [1.807, 2.05) is 6.08 Å². The average Bonchev–Trinajstić information content (AvgIpc) is 2.37. The van der Waals surface area contributed by atoms with E-state index < -0.39 is 0 Å². The largest absolute Gasteiger partial charge is 0.396 e.